The summed E-state index contributed by atoms with van der Waals surface area (Å²) in [7, 11) is 0. The molecule has 2 aliphatic heterocycles. The van der Waals surface area contributed by atoms with Gasteiger partial charge in [0.25, 0.3) is 0 Å². The number of β-amino-alcohol motifs (C(OH)–C–C–N with tert-alkyl or cyclic N) is 1. The van der Waals surface area contributed by atoms with Crippen LogP contribution in [0.25, 0.3) is 28.3 Å². The van der Waals surface area contributed by atoms with Crippen LogP contribution in [0.3, 0.4) is 0 Å². The second kappa shape index (κ2) is 6.83. The second-order valence-electron chi connectivity index (χ2n) is 8.16. The molecule has 6 rings (SSSR count). The molecule has 0 bridgehead atoms. The van der Waals surface area contributed by atoms with Crippen molar-refractivity contribution in [1.82, 2.24) is 19.3 Å². The summed E-state index contributed by atoms with van der Waals surface area (Å²) in [6.07, 6.45) is 4.45. The van der Waals surface area contributed by atoms with Crippen LogP contribution in [0.4, 0.5) is 5.69 Å². The molecule has 2 aliphatic rings. The summed E-state index contributed by atoms with van der Waals surface area (Å²) in [5, 5.41) is 27.6. The van der Waals surface area contributed by atoms with E-state index in [0.717, 1.165) is 47.0 Å². The molecule has 152 valence electrons. The number of rotatable bonds is 2. The zero-order chi connectivity index (χ0) is 20.9. The lowest BCUT2D eigenvalue weighted by molar-refractivity contribution is 0.198. The Bertz CT molecular complexity index is 1330. The van der Waals surface area contributed by atoms with Gasteiger partial charge in [-0.15, -0.1) is 10.2 Å². The molecule has 1 fully saturated rings. The first kappa shape index (κ1) is 17.9. The fourth-order valence-electron chi connectivity index (χ4n) is 4.60. The molecule has 4 heterocycles. The Morgan fingerprint density at radius 1 is 1.06 bits per heavy atom. The molecule has 0 spiro atoms. The van der Waals surface area contributed by atoms with Gasteiger partial charge in [-0.3, -0.25) is 4.57 Å². The van der Waals surface area contributed by atoms with Crippen LogP contribution in [0.5, 0.6) is 0 Å². The molecule has 0 saturated carbocycles. The third-order valence-electron chi connectivity index (χ3n) is 6.21. The largest absolute Gasteiger partial charge is 0.391 e. The molecule has 7 heteroatoms. The van der Waals surface area contributed by atoms with Crippen molar-refractivity contribution in [3.05, 3.63) is 72.2 Å². The number of aliphatic hydroxyl groups excluding tert-OH is 1. The van der Waals surface area contributed by atoms with Gasteiger partial charge in [0.05, 0.1) is 29.1 Å². The standard InChI is InChI=1S/C24H20N6O/c25-11-16-1-3-17(4-2-16)18-10-23-24-27-26-15-30(24)22-6-5-20(28-8-7-21(31)14-28)9-19(22)13-29(23)12-18/h1-6,9-10,12,15,21,31H,7-8,13-14H2. The minimum atomic E-state index is -0.255. The van der Waals surface area contributed by atoms with Gasteiger partial charge in [0.15, 0.2) is 5.82 Å². The van der Waals surface area contributed by atoms with Gasteiger partial charge >= 0.3 is 0 Å². The van der Waals surface area contributed by atoms with Crippen molar-refractivity contribution in [2.45, 2.75) is 19.1 Å². The van der Waals surface area contributed by atoms with Gasteiger partial charge in [-0.2, -0.15) is 5.26 Å². The van der Waals surface area contributed by atoms with Gasteiger partial charge < -0.3 is 14.6 Å². The van der Waals surface area contributed by atoms with Gasteiger partial charge in [-0.05, 0) is 53.9 Å². The highest BCUT2D eigenvalue weighted by molar-refractivity contribution is 5.72. The van der Waals surface area contributed by atoms with E-state index in [1.54, 1.807) is 6.33 Å². The Morgan fingerprint density at radius 3 is 2.71 bits per heavy atom. The Hall–Kier alpha value is -3.89. The summed E-state index contributed by atoms with van der Waals surface area (Å²) in [6, 6.07) is 18.4. The molecule has 1 saturated heterocycles. The molecule has 2 aromatic heterocycles. The minimum Gasteiger partial charge on any atom is -0.391 e. The Morgan fingerprint density at radius 2 is 1.94 bits per heavy atom. The van der Waals surface area contributed by atoms with Gasteiger partial charge in [0.2, 0.25) is 0 Å². The van der Waals surface area contributed by atoms with Crippen molar-refractivity contribution < 1.29 is 5.11 Å². The molecule has 0 radical (unpaired) electrons. The maximum absolute atomic E-state index is 9.94. The molecule has 31 heavy (non-hydrogen) atoms. The second-order valence-corrected chi connectivity index (χ2v) is 8.16. The average molecular weight is 408 g/mol. The third-order valence-corrected chi connectivity index (χ3v) is 6.21. The first-order valence-corrected chi connectivity index (χ1v) is 10.4. The van der Waals surface area contributed by atoms with E-state index >= 15 is 0 Å². The number of hydrogen-bond acceptors (Lipinski definition) is 5. The molecule has 7 nitrogen and oxygen atoms in total. The maximum Gasteiger partial charge on any atom is 0.185 e. The SMILES string of the molecule is N#Cc1ccc(-c2cc3n(c2)Cc2cc(N4CCC(O)C4)ccc2-n2cnnc2-3)cc1. The lowest BCUT2D eigenvalue weighted by Gasteiger charge is -2.20. The lowest BCUT2D eigenvalue weighted by atomic mass is 10.1. The number of fused-ring (bicyclic) bond motifs is 5. The zero-order valence-corrected chi connectivity index (χ0v) is 16.8. The predicted octanol–water partition coefficient (Wildman–Crippen LogP) is 3.21. The van der Waals surface area contributed by atoms with Crippen molar-refractivity contribution in [2.75, 3.05) is 18.0 Å². The number of anilines is 1. The normalized spacial score (nSPS) is 16.9. The van der Waals surface area contributed by atoms with Crippen molar-refractivity contribution in [1.29, 1.82) is 5.26 Å². The molecule has 0 aliphatic carbocycles. The Balaban J connectivity index is 1.44. The molecule has 4 aromatic rings. The van der Waals surface area contributed by atoms with Gasteiger partial charge in [0.1, 0.15) is 6.33 Å². The topological polar surface area (TPSA) is 82.9 Å². The van der Waals surface area contributed by atoms with Crippen LogP contribution in [0.15, 0.2) is 61.1 Å². The minimum absolute atomic E-state index is 0.255. The molecular formula is C24H20N6O. The quantitative estimate of drug-likeness (QED) is 0.485. The fraction of sp³-hybridized carbons (Fsp3) is 0.208. The lowest BCUT2D eigenvalue weighted by Crippen LogP contribution is -2.21. The Labute approximate surface area is 179 Å². The first-order chi connectivity index (χ1) is 15.2. The summed E-state index contributed by atoms with van der Waals surface area (Å²) in [5.41, 5.74) is 7.19. The van der Waals surface area contributed by atoms with Crippen molar-refractivity contribution in [2.24, 2.45) is 0 Å². The van der Waals surface area contributed by atoms with E-state index in [1.165, 1.54) is 5.56 Å². The summed E-state index contributed by atoms with van der Waals surface area (Å²) in [6.45, 7) is 2.26. The van der Waals surface area contributed by atoms with Crippen LogP contribution >= 0.6 is 0 Å². The van der Waals surface area contributed by atoms with Crippen LogP contribution in [-0.2, 0) is 6.54 Å². The maximum atomic E-state index is 9.94. The van der Waals surface area contributed by atoms with E-state index in [2.05, 4.69) is 56.2 Å². The van der Waals surface area contributed by atoms with E-state index in [4.69, 9.17) is 5.26 Å². The number of hydrogen-bond donors (Lipinski definition) is 1. The number of benzene rings is 2. The monoisotopic (exact) mass is 408 g/mol. The van der Waals surface area contributed by atoms with E-state index in [0.29, 0.717) is 18.7 Å². The number of aliphatic hydroxyl groups is 1. The third kappa shape index (κ3) is 2.92. The highest BCUT2D eigenvalue weighted by Gasteiger charge is 2.25. The van der Waals surface area contributed by atoms with Crippen LogP contribution in [0.2, 0.25) is 0 Å². The van der Waals surface area contributed by atoms with Crippen LogP contribution in [0.1, 0.15) is 17.5 Å². The van der Waals surface area contributed by atoms with E-state index in [1.807, 2.05) is 28.8 Å². The van der Waals surface area contributed by atoms with E-state index < -0.39 is 0 Å². The van der Waals surface area contributed by atoms with Crippen molar-refractivity contribution in [3.63, 3.8) is 0 Å². The molecule has 1 unspecified atom stereocenters. The highest BCUT2D eigenvalue weighted by Crippen LogP contribution is 2.35. The summed E-state index contributed by atoms with van der Waals surface area (Å²) >= 11 is 0. The fourth-order valence-corrected chi connectivity index (χ4v) is 4.60. The molecule has 0 amide bonds. The van der Waals surface area contributed by atoms with Gasteiger partial charge in [-0.25, -0.2) is 0 Å². The molecule has 2 aromatic carbocycles. The average Bonchev–Trinajstić information content (AvgIpc) is 3.52. The smallest absolute Gasteiger partial charge is 0.185 e. The van der Waals surface area contributed by atoms with E-state index in [9.17, 15) is 5.11 Å². The van der Waals surface area contributed by atoms with Gasteiger partial charge in [-0.1, -0.05) is 12.1 Å². The first-order valence-electron chi connectivity index (χ1n) is 10.4. The van der Waals surface area contributed by atoms with Crippen molar-refractivity contribution in [3.8, 4) is 34.4 Å². The zero-order valence-electron chi connectivity index (χ0n) is 16.8. The van der Waals surface area contributed by atoms with Crippen molar-refractivity contribution >= 4 is 5.69 Å². The molecule has 1 atom stereocenters. The number of nitrogens with zero attached hydrogens (tertiary/aromatic N) is 6. The number of nitriles is 1. The molecule has 1 N–H and O–H groups in total. The summed E-state index contributed by atoms with van der Waals surface area (Å²) < 4.78 is 4.25. The predicted molar refractivity (Wildman–Crippen MR) is 117 cm³/mol. The van der Waals surface area contributed by atoms with E-state index in [-0.39, 0.29) is 6.10 Å². The van der Waals surface area contributed by atoms with Crippen LogP contribution in [0, 0.1) is 11.3 Å². The highest BCUT2D eigenvalue weighted by atomic mass is 16.3. The summed E-state index contributed by atoms with van der Waals surface area (Å²) in [4.78, 5) is 2.24. The Kier molecular flexibility index (Phi) is 3.95. The summed E-state index contributed by atoms with van der Waals surface area (Å²) in [5.74, 6) is 0.808. The van der Waals surface area contributed by atoms with Crippen LogP contribution in [-0.4, -0.2) is 43.6 Å². The number of aromatic nitrogens is 4. The van der Waals surface area contributed by atoms with Gasteiger partial charge in [0, 0.05) is 37.1 Å². The van der Waals surface area contributed by atoms with Crippen LogP contribution < -0.4 is 4.90 Å². The molecular weight excluding hydrogens is 388 g/mol.